The van der Waals surface area contributed by atoms with Gasteiger partial charge in [0.1, 0.15) is 17.9 Å². The summed E-state index contributed by atoms with van der Waals surface area (Å²) in [6.45, 7) is 0. The Bertz CT molecular complexity index is 766. The van der Waals surface area contributed by atoms with Gasteiger partial charge in [-0.15, -0.1) is 0 Å². The van der Waals surface area contributed by atoms with Crippen LogP contribution in [0.5, 0.6) is 0 Å². The van der Waals surface area contributed by atoms with E-state index in [4.69, 9.17) is 4.74 Å². The minimum absolute atomic E-state index is 0.387. The van der Waals surface area contributed by atoms with Crippen molar-refractivity contribution in [2.24, 2.45) is 0 Å². The van der Waals surface area contributed by atoms with Crippen LogP contribution in [0.15, 0.2) is 54.6 Å². The van der Waals surface area contributed by atoms with Gasteiger partial charge in [-0.2, -0.15) is 0 Å². The molecule has 0 unspecified atom stereocenters. The number of nitro groups is 1. The van der Waals surface area contributed by atoms with Gasteiger partial charge in [-0.25, -0.2) is 4.39 Å². The van der Waals surface area contributed by atoms with Gasteiger partial charge in [0.15, 0.2) is 0 Å². The number of nitrogens with one attached hydrogen (secondary N) is 1. The summed E-state index contributed by atoms with van der Waals surface area (Å²) in [6.07, 6.45) is 0. The second-order valence-electron chi connectivity index (χ2n) is 5.91. The summed E-state index contributed by atoms with van der Waals surface area (Å²) in [5.74, 6) is -1.69. The van der Waals surface area contributed by atoms with E-state index in [-0.39, 0.29) is 4.92 Å². The van der Waals surface area contributed by atoms with Crippen LogP contribution in [-0.4, -0.2) is 30.1 Å². The molecule has 1 saturated heterocycles. The lowest BCUT2D eigenvalue weighted by Gasteiger charge is -2.19. The van der Waals surface area contributed by atoms with Crippen molar-refractivity contribution in [1.82, 2.24) is 5.32 Å². The average molecular weight is 344 g/mol. The Morgan fingerprint density at radius 2 is 1.76 bits per heavy atom. The number of carbonyl (C=O) groups is 1. The van der Waals surface area contributed by atoms with E-state index in [1.54, 1.807) is 30.3 Å². The van der Waals surface area contributed by atoms with E-state index in [1.165, 1.54) is 31.4 Å². The number of benzene rings is 2. The molecule has 1 aliphatic rings. The molecule has 7 heteroatoms. The smallest absolute Gasteiger partial charge is 0.323 e. The number of methoxy groups -OCH3 is 1. The monoisotopic (exact) mass is 344 g/mol. The van der Waals surface area contributed by atoms with Crippen LogP contribution < -0.4 is 5.32 Å². The van der Waals surface area contributed by atoms with E-state index in [2.05, 4.69) is 5.32 Å². The zero-order chi connectivity index (χ0) is 18.0. The third-order valence-corrected chi connectivity index (χ3v) is 4.54. The van der Waals surface area contributed by atoms with Crippen molar-refractivity contribution >= 4 is 5.97 Å². The van der Waals surface area contributed by atoms with E-state index in [1.807, 2.05) is 0 Å². The van der Waals surface area contributed by atoms with Crippen molar-refractivity contribution in [3.63, 3.8) is 0 Å². The number of nitrogens with zero attached hydrogens (tertiary/aromatic N) is 1. The van der Waals surface area contributed by atoms with E-state index >= 15 is 0 Å². The van der Waals surface area contributed by atoms with E-state index < -0.39 is 35.8 Å². The van der Waals surface area contributed by atoms with Crippen LogP contribution in [0.4, 0.5) is 4.39 Å². The van der Waals surface area contributed by atoms with Crippen molar-refractivity contribution < 1.29 is 18.8 Å². The number of halogens is 1. The van der Waals surface area contributed by atoms with Crippen LogP contribution in [0, 0.1) is 15.9 Å². The molecular weight excluding hydrogens is 327 g/mol. The highest BCUT2D eigenvalue weighted by molar-refractivity contribution is 5.78. The van der Waals surface area contributed by atoms with Crippen LogP contribution >= 0.6 is 0 Å². The van der Waals surface area contributed by atoms with E-state index in [0.29, 0.717) is 11.1 Å². The Kier molecular flexibility index (Phi) is 4.76. The molecule has 0 aliphatic carbocycles. The van der Waals surface area contributed by atoms with Gasteiger partial charge in [0, 0.05) is 4.92 Å². The van der Waals surface area contributed by atoms with Crippen LogP contribution in [0.3, 0.4) is 0 Å². The Balaban J connectivity index is 2.07. The SMILES string of the molecule is COC(=O)[C@H]1N[C@@H](c2ccc(F)cc2)[C@H]([N+](=O)[O-])[C@H]1c1ccccc1. The second-order valence-corrected chi connectivity index (χ2v) is 5.91. The van der Waals surface area contributed by atoms with Crippen molar-refractivity contribution in [3.8, 4) is 0 Å². The molecule has 0 bridgehead atoms. The minimum Gasteiger partial charge on any atom is -0.468 e. The van der Waals surface area contributed by atoms with Crippen molar-refractivity contribution in [1.29, 1.82) is 0 Å². The third-order valence-electron chi connectivity index (χ3n) is 4.54. The maximum atomic E-state index is 13.2. The quantitative estimate of drug-likeness (QED) is 0.523. The van der Waals surface area contributed by atoms with Gasteiger partial charge in [-0.1, -0.05) is 42.5 Å². The molecule has 0 aromatic heterocycles. The van der Waals surface area contributed by atoms with Crippen LogP contribution in [-0.2, 0) is 9.53 Å². The van der Waals surface area contributed by atoms with Crippen molar-refractivity contribution in [2.45, 2.75) is 24.0 Å². The molecule has 1 N–H and O–H groups in total. The molecule has 6 nitrogen and oxygen atoms in total. The molecule has 2 aromatic rings. The number of ether oxygens (including phenoxy) is 1. The topological polar surface area (TPSA) is 81.5 Å². The first-order valence-electron chi connectivity index (χ1n) is 7.80. The number of rotatable bonds is 4. The van der Waals surface area contributed by atoms with Crippen molar-refractivity contribution in [3.05, 3.63) is 81.7 Å². The normalized spacial score (nSPS) is 25.5. The molecule has 25 heavy (non-hydrogen) atoms. The predicted octanol–water partition coefficient (Wildman–Crippen LogP) is 2.44. The molecule has 1 aliphatic heterocycles. The largest absolute Gasteiger partial charge is 0.468 e. The number of carbonyl (C=O) groups excluding carboxylic acids is 1. The highest BCUT2D eigenvalue weighted by Gasteiger charge is 2.54. The molecule has 0 radical (unpaired) electrons. The third kappa shape index (κ3) is 3.23. The highest BCUT2D eigenvalue weighted by Crippen LogP contribution is 2.40. The summed E-state index contributed by atoms with van der Waals surface area (Å²) >= 11 is 0. The van der Waals surface area contributed by atoms with Gasteiger partial charge in [0.25, 0.3) is 0 Å². The van der Waals surface area contributed by atoms with Gasteiger partial charge >= 0.3 is 5.97 Å². The zero-order valence-corrected chi connectivity index (χ0v) is 13.5. The molecule has 0 spiro atoms. The van der Waals surface area contributed by atoms with Gasteiger partial charge in [-0.05, 0) is 23.3 Å². The fraction of sp³-hybridized carbons (Fsp3) is 0.278. The summed E-state index contributed by atoms with van der Waals surface area (Å²) in [7, 11) is 1.25. The lowest BCUT2D eigenvalue weighted by Crippen LogP contribution is -2.37. The maximum absolute atomic E-state index is 13.2. The summed E-state index contributed by atoms with van der Waals surface area (Å²) < 4.78 is 18.0. The first kappa shape index (κ1) is 17.0. The summed E-state index contributed by atoms with van der Waals surface area (Å²) in [4.78, 5) is 23.7. The van der Waals surface area contributed by atoms with Gasteiger partial charge in [-0.3, -0.25) is 20.2 Å². The average Bonchev–Trinajstić information content (AvgIpc) is 3.03. The van der Waals surface area contributed by atoms with E-state index in [0.717, 1.165) is 0 Å². The molecule has 2 aromatic carbocycles. The van der Waals surface area contributed by atoms with E-state index in [9.17, 15) is 19.3 Å². The molecule has 3 rings (SSSR count). The lowest BCUT2D eigenvalue weighted by molar-refractivity contribution is -0.527. The van der Waals surface area contributed by atoms with Crippen LogP contribution in [0.25, 0.3) is 0 Å². The summed E-state index contributed by atoms with van der Waals surface area (Å²) in [5, 5.41) is 14.9. The van der Waals surface area contributed by atoms with Crippen LogP contribution in [0.1, 0.15) is 23.1 Å². The van der Waals surface area contributed by atoms with Crippen LogP contribution in [0.2, 0.25) is 0 Å². The number of hydrogen-bond donors (Lipinski definition) is 1. The molecular formula is C18H17FN2O4. The molecule has 1 fully saturated rings. The number of esters is 1. The first-order valence-corrected chi connectivity index (χ1v) is 7.80. The standard InChI is InChI=1S/C18H17FN2O4/c1-25-18(22)16-14(11-5-3-2-4-6-11)17(21(23)24)15(20-16)12-7-9-13(19)10-8-12/h2-10,14-17,20H,1H3/t14-,15-,16-,17+/m0/s1. The summed E-state index contributed by atoms with van der Waals surface area (Å²) in [5.41, 5.74) is 1.23. The Morgan fingerprint density at radius 1 is 1.12 bits per heavy atom. The second kappa shape index (κ2) is 6.98. The molecule has 0 saturated carbocycles. The minimum atomic E-state index is -1.09. The molecule has 130 valence electrons. The first-order chi connectivity index (χ1) is 12.0. The molecule has 4 atom stereocenters. The predicted molar refractivity (Wildman–Crippen MR) is 88.0 cm³/mol. The Labute approximate surface area is 143 Å². The highest BCUT2D eigenvalue weighted by atomic mass is 19.1. The molecule has 0 amide bonds. The number of hydrogen-bond acceptors (Lipinski definition) is 5. The Morgan fingerprint density at radius 3 is 2.32 bits per heavy atom. The summed E-state index contributed by atoms with van der Waals surface area (Å²) in [6, 6.07) is 11.7. The zero-order valence-electron chi connectivity index (χ0n) is 13.5. The van der Waals surface area contributed by atoms with Crippen molar-refractivity contribution in [2.75, 3.05) is 7.11 Å². The lowest BCUT2D eigenvalue weighted by atomic mass is 9.85. The Hall–Kier alpha value is -2.80. The van der Waals surface area contributed by atoms with Gasteiger partial charge in [0.2, 0.25) is 6.04 Å². The maximum Gasteiger partial charge on any atom is 0.323 e. The van der Waals surface area contributed by atoms with Gasteiger partial charge in [0.05, 0.1) is 13.0 Å². The fourth-order valence-electron chi connectivity index (χ4n) is 3.42. The fourth-order valence-corrected chi connectivity index (χ4v) is 3.42. The molecule has 1 heterocycles. The van der Waals surface area contributed by atoms with Gasteiger partial charge < -0.3 is 4.74 Å².